The van der Waals surface area contributed by atoms with Crippen molar-refractivity contribution >= 4 is 50.7 Å². The van der Waals surface area contributed by atoms with Gasteiger partial charge >= 0.3 is 11.4 Å². The van der Waals surface area contributed by atoms with Crippen molar-refractivity contribution in [2.45, 2.75) is 38.8 Å². The number of imide groups is 1. The van der Waals surface area contributed by atoms with Crippen LogP contribution >= 0.6 is 22.9 Å². The highest BCUT2D eigenvalue weighted by atomic mass is 35.5. The van der Waals surface area contributed by atoms with Gasteiger partial charge in [0, 0.05) is 41.4 Å². The Bertz CT molecular complexity index is 2400. The van der Waals surface area contributed by atoms with Crippen molar-refractivity contribution in [3.05, 3.63) is 91.2 Å². The molecule has 8 rings (SSSR count). The number of carbonyl (C=O) groups excluding carboxylic acids is 2. The molecule has 0 bridgehead atoms. The van der Waals surface area contributed by atoms with E-state index in [4.69, 9.17) is 21.4 Å². The number of methoxy groups -OCH3 is 1. The molecule has 12 nitrogen and oxygen atoms in total. The van der Waals surface area contributed by atoms with Gasteiger partial charge in [0.15, 0.2) is 11.5 Å². The second-order valence-corrected chi connectivity index (χ2v) is 14.3. The monoisotopic (exact) mass is 686 g/mol. The van der Waals surface area contributed by atoms with Crippen LogP contribution in [0.25, 0.3) is 20.7 Å². The number of anilines is 1. The molecule has 1 N–H and O–H groups in total. The van der Waals surface area contributed by atoms with E-state index in [2.05, 4.69) is 0 Å². The number of aryl methyl sites for hydroxylation is 2. The average molecular weight is 687 g/mol. The van der Waals surface area contributed by atoms with Crippen molar-refractivity contribution < 1.29 is 19.4 Å². The number of benzene rings is 2. The Balaban J connectivity index is 1.30. The fraction of sp³-hybridized carbons (Fsp3) is 0.324. The van der Waals surface area contributed by atoms with Gasteiger partial charge in [-0.25, -0.2) is 28.4 Å². The van der Waals surface area contributed by atoms with Crippen molar-refractivity contribution in [2.24, 2.45) is 25.4 Å². The first-order valence-corrected chi connectivity index (χ1v) is 16.6. The third-order valence-electron chi connectivity index (χ3n) is 10.5. The summed E-state index contributed by atoms with van der Waals surface area (Å²) in [4.78, 5) is 58.0. The molecule has 4 unspecified atom stereocenters. The molecule has 14 heteroatoms. The number of aromatic nitrogens is 5. The number of aromatic hydroxyl groups is 1. The number of nitrogens with zero attached hydrogens (tertiary/aromatic N) is 6. The predicted molar refractivity (Wildman–Crippen MR) is 181 cm³/mol. The molecular formula is C34H31ClN6O6S. The third-order valence-corrected chi connectivity index (χ3v) is 12.0. The Morgan fingerprint density at radius 1 is 1.08 bits per heavy atom. The van der Waals surface area contributed by atoms with E-state index in [1.54, 1.807) is 49.6 Å². The molecule has 1 saturated heterocycles. The van der Waals surface area contributed by atoms with Gasteiger partial charge in [0.25, 0.3) is 0 Å². The summed E-state index contributed by atoms with van der Waals surface area (Å²) in [5.74, 6) is -2.24. The van der Waals surface area contributed by atoms with Crippen molar-refractivity contribution in [1.29, 1.82) is 0 Å². The second kappa shape index (κ2) is 10.3. The number of fused-ring (bicyclic) bond motifs is 5. The number of allylic oxidation sites excluding steroid dienone is 2. The largest absolute Gasteiger partial charge is 0.504 e. The molecule has 48 heavy (non-hydrogen) atoms. The van der Waals surface area contributed by atoms with Crippen molar-refractivity contribution in [1.82, 2.24) is 23.7 Å². The Morgan fingerprint density at radius 3 is 2.60 bits per heavy atom. The van der Waals surface area contributed by atoms with Gasteiger partial charge < -0.3 is 9.84 Å². The van der Waals surface area contributed by atoms with Gasteiger partial charge in [-0.2, -0.15) is 5.10 Å². The van der Waals surface area contributed by atoms with E-state index in [1.165, 1.54) is 33.1 Å². The Labute approximate surface area is 282 Å². The highest BCUT2D eigenvalue weighted by Gasteiger charge is 2.66. The summed E-state index contributed by atoms with van der Waals surface area (Å²) in [6.45, 7) is 3.84. The molecule has 0 spiro atoms. The van der Waals surface area contributed by atoms with Crippen LogP contribution in [0.1, 0.15) is 36.4 Å². The maximum atomic E-state index is 14.9. The first kappa shape index (κ1) is 30.5. The van der Waals surface area contributed by atoms with Gasteiger partial charge in [0.2, 0.25) is 11.8 Å². The Morgan fingerprint density at radius 2 is 1.85 bits per heavy atom. The molecule has 4 atom stereocenters. The quantitative estimate of drug-likeness (QED) is 0.217. The molecular weight excluding hydrogens is 656 g/mol. The average Bonchev–Trinajstić information content (AvgIpc) is 3.72. The van der Waals surface area contributed by atoms with E-state index in [9.17, 15) is 24.3 Å². The van der Waals surface area contributed by atoms with Gasteiger partial charge in [0.1, 0.15) is 11.5 Å². The van der Waals surface area contributed by atoms with Crippen molar-refractivity contribution in [2.75, 3.05) is 12.0 Å². The number of carbonyl (C=O) groups is 2. The number of amides is 2. The van der Waals surface area contributed by atoms with Crippen LogP contribution in [-0.2, 0) is 30.2 Å². The molecule has 2 aliphatic heterocycles. The molecule has 5 aromatic rings. The number of halogens is 1. The molecule has 2 aromatic carbocycles. The lowest BCUT2D eigenvalue weighted by Gasteiger charge is -2.47. The molecule has 2 fully saturated rings. The maximum Gasteiger partial charge on any atom is 0.347 e. The number of para-hydroxylation sites is 1. The molecule has 2 amide bonds. The van der Waals surface area contributed by atoms with E-state index in [1.807, 2.05) is 31.2 Å². The second-order valence-electron chi connectivity index (χ2n) is 12.9. The number of rotatable bonds is 4. The minimum atomic E-state index is -1.36. The fourth-order valence-corrected chi connectivity index (χ4v) is 9.42. The minimum Gasteiger partial charge on any atom is -0.504 e. The highest BCUT2D eigenvalue weighted by molar-refractivity contribution is 7.22. The van der Waals surface area contributed by atoms with E-state index in [0.717, 1.165) is 25.1 Å². The van der Waals surface area contributed by atoms with E-state index >= 15 is 0 Å². The lowest BCUT2D eigenvalue weighted by Crippen LogP contribution is -2.49. The summed E-state index contributed by atoms with van der Waals surface area (Å²) in [5.41, 5.74) is 0.327. The smallest absolute Gasteiger partial charge is 0.347 e. The zero-order valence-corrected chi connectivity index (χ0v) is 28.3. The maximum absolute atomic E-state index is 14.9. The fourth-order valence-electron chi connectivity index (χ4n) is 8.10. The van der Waals surface area contributed by atoms with E-state index < -0.39 is 46.5 Å². The molecule has 246 valence electrons. The van der Waals surface area contributed by atoms with Crippen LogP contribution in [-0.4, -0.2) is 47.7 Å². The zero-order valence-electron chi connectivity index (χ0n) is 26.7. The third kappa shape index (κ3) is 3.85. The van der Waals surface area contributed by atoms with Gasteiger partial charge in [-0.15, -0.1) is 11.3 Å². The first-order chi connectivity index (χ1) is 22.9. The Kier molecular flexibility index (Phi) is 6.54. The van der Waals surface area contributed by atoms with Crippen molar-refractivity contribution in [3.63, 3.8) is 0 Å². The normalized spacial score (nSPS) is 23.3. The van der Waals surface area contributed by atoms with Gasteiger partial charge in [-0.05, 0) is 61.1 Å². The van der Waals surface area contributed by atoms with Crippen LogP contribution in [0.3, 0.4) is 0 Å². The number of thiophene rings is 1. The SMILES string of the molecule is COc1cccc(C2C3=CCn4c(=O)n(C)c(=O)n4C3CC3C(=O)N(c4cc(-c5sc6ccc(Cl)cc6c5C)nn4C)C(=O)C32C)c1O. The summed E-state index contributed by atoms with van der Waals surface area (Å²) in [6.07, 6.45) is 1.95. The first-order valence-electron chi connectivity index (χ1n) is 15.4. The summed E-state index contributed by atoms with van der Waals surface area (Å²) in [6, 6.07) is 11.8. The van der Waals surface area contributed by atoms with Crippen LogP contribution in [0.5, 0.6) is 11.5 Å². The Hall–Kier alpha value is -4.88. The number of hydrogen-bond donors (Lipinski definition) is 1. The predicted octanol–water partition coefficient (Wildman–Crippen LogP) is 4.50. The number of ether oxygens (including phenoxy) is 1. The van der Waals surface area contributed by atoms with Crippen LogP contribution in [0.2, 0.25) is 5.02 Å². The minimum absolute atomic E-state index is 0.0966. The van der Waals surface area contributed by atoms with Crippen LogP contribution in [0, 0.1) is 18.3 Å². The van der Waals surface area contributed by atoms with Gasteiger partial charge in [-0.3, -0.25) is 14.3 Å². The number of phenols is 1. The van der Waals surface area contributed by atoms with Gasteiger partial charge in [0.05, 0.1) is 35.9 Å². The van der Waals surface area contributed by atoms with Crippen molar-refractivity contribution in [3.8, 4) is 22.1 Å². The standard InChI is InChI=1S/C34H31ClN6O6S/c1-16-20-13-17(35)9-10-25(20)48-29(16)22-15-26(38(4)36-22)40-30(43)21-14-23-18(11-12-39-32(45)37(3)33(46)41(23)39)27(34(21,2)31(40)44)19-7-6-8-24(47-5)28(19)42/h6-11,13,15,21,23,27,42H,12,14H2,1-5H3. The zero-order chi connectivity index (χ0) is 34.0. The van der Waals surface area contributed by atoms with Crippen LogP contribution in [0.15, 0.2) is 63.7 Å². The van der Waals surface area contributed by atoms with Crippen LogP contribution in [0.4, 0.5) is 5.82 Å². The molecule has 5 heterocycles. The van der Waals surface area contributed by atoms with Crippen LogP contribution < -0.4 is 21.0 Å². The summed E-state index contributed by atoms with van der Waals surface area (Å²) in [7, 11) is 4.55. The lowest BCUT2D eigenvalue weighted by molar-refractivity contribution is -0.129. The molecule has 1 saturated carbocycles. The molecule has 1 aliphatic carbocycles. The molecule has 3 aliphatic rings. The lowest BCUT2D eigenvalue weighted by atomic mass is 9.56. The summed E-state index contributed by atoms with van der Waals surface area (Å²) in [5, 5.41) is 17.8. The number of hydrogen-bond acceptors (Lipinski definition) is 8. The molecule has 0 radical (unpaired) electrons. The molecule has 3 aromatic heterocycles. The topological polar surface area (TPSA) is 134 Å². The summed E-state index contributed by atoms with van der Waals surface area (Å²) < 4.78 is 11.8. The highest BCUT2D eigenvalue weighted by Crippen LogP contribution is 2.62. The van der Waals surface area contributed by atoms with Gasteiger partial charge in [-0.1, -0.05) is 29.8 Å². The number of phenolic OH excluding ortho intramolecular Hbond substituents is 1. The van der Waals surface area contributed by atoms with E-state index in [-0.39, 0.29) is 24.5 Å². The summed E-state index contributed by atoms with van der Waals surface area (Å²) >= 11 is 7.83. The van der Waals surface area contributed by atoms with E-state index in [0.29, 0.717) is 27.7 Å².